The number of ether oxygens (including phenoxy) is 2. The van der Waals surface area contributed by atoms with E-state index < -0.39 is 6.04 Å². The maximum Gasteiger partial charge on any atom is 0.246 e. The first kappa shape index (κ1) is 24.8. The van der Waals surface area contributed by atoms with Gasteiger partial charge < -0.3 is 24.3 Å². The fourth-order valence-corrected chi connectivity index (χ4v) is 4.16. The van der Waals surface area contributed by atoms with Gasteiger partial charge in [0.15, 0.2) is 11.5 Å². The van der Waals surface area contributed by atoms with Crippen molar-refractivity contribution in [2.75, 3.05) is 26.2 Å². The van der Waals surface area contributed by atoms with E-state index in [2.05, 4.69) is 5.32 Å². The van der Waals surface area contributed by atoms with E-state index in [0.717, 1.165) is 22.3 Å². The van der Waals surface area contributed by atoms with E-state index in [-0.39, 0.29) is 24.8 Å². The molecule has 1 heterocycles. The number of anilines is 1. The minimum absolute atomic E-state index is 0.0885. The first-order valence-corrected chi connectivity index (χ1v) is 11.7. The molecule has 186 valence electrons. The van der Waals surface area contributed by atoms with Crippen LogP contribution >= 0.6 is 0 Å². The van der Waals surface area contributed by atoms with Gasteiger partial charge in [0.05, 0.1) is 37.7 Å². The van der Waals surface area contributed by atoms with E-state index in [1.165, 1.54) is 0 Å². The van der Waals surface area contributed by atoms with Crippen LogP contribution in [0.4, 0.5) is 5.69 Å². The Morgan fingerprint density at radius 2 is 1.67 bits per heavy atom. The summed E-state index contributed by atoms with van der Waals surface area (Å²) in [5, 5.41) is 3.03. The van der Waals surface area contributed by atoms with Gasteiger partial charge >= 0.3 is 0 Å². The van der Waals surface area contributed by atoms with E-state index in [0.29, 0.717) is 17.3 Å². The van der Waals surface area contributed by atoms with Gasteiger partial charge in [0.25, 0.3) is 0 Å². The molecule has 1 atom stereocenters. The number of methoxy groups -OCH3 is 2. The molecule has 1 N–H and O–H groups in total. The van der Waals surface area contributed by atoms with Gasteiger partial charge in [-0.2, -0.15) is 0 Å². The molecule has 1 aromatic heterocycles. The largest absolute Gasteiger partial charge is 0.493 e. The van der Waals surface area contributed by atoms with Gasteiger partial charge in [0, 0.05) is 12.7 Å². The molecule has 0 spiro atoms. The maximum atomic E-state index is 13.2. The van der Waals surface area contributed by atoms with Crippen LogP contribution in [0.25, 0.3) is 11.0 Å². The quantitative estimate of drug-likeness (QED) is 0.384. The molecule has 0 bridgehead atoms. The lowest BCUT2D eigenvalue weighted by molar-refractivity contribution is -0.121. The summed E-state index contributed by atoms with van der Waals surface area (Å²) in [4.78, 5) is 32.4. The summed E-state index contributed by atoms with van der Waals surface area (Å²) in [6.07, 6.45) is 0.167. The first-order chi connectivity index (χ1) is 17.4. The highest BCUT2D eigenvalue weighted by Gasteiger charge is 2.22. The maximum absolute atomic E-state index is 13.2. The zero-order valence-electron chi connectivity index (χ0n) is 20.9. The number of imidazole rings is 1. The molecule has 0 fully saturated rings. The van der Waals surface area contributed by atoms with E-state index in [1.54, 1.807) is 38.3 Å². The van der Waals surface area contributed by atoms with Crippen molar-refractivity contribution in [1.29, 1.82) is 0 Å². The van der Waals surface area contributed by atoms with Crippen LogP contribution in [0.1, 0.15) is 24.4 Å². The Hall–Kier alpha value is -4.33. The summed E-state index contributed by atoms with van der Waals surface area (Å²) in [7, 11) is 4.88. The van der Waals surface area contributed by atoms with Gasteiger partial charge in [-0.25, -0.2) is 4.98 Å². The van der Waals surface area contributed by atoms with Gasteiger partial charge in [-0.1, -0.05) is 36.4 Å². The minimum Gasteiger partial charge on any atom is -0.493 e. The Morgan fingerprint density at radius 1 is 0.972 bits per heavy atom. The van der Waals surface area contributed by atoms with Crippen molar-refractivity contribution in [3.05, 3.63) is 84.2 Å². The number of rotatable bonds is 9. The third-order valence-electron chi connectivity index (χ3n) is 6.07. The molecule has 36 heavy (non-hydrogen) atoms. The summed E-state index contributed by atoms with van der Waals surface area (Å²) < 4.78 is 12.5. The third-order valence-corrected chi connectivity index (χ3v) is 6.07. The highest BCUT2D eigenvalue weighted by atomic mass is 16.5. The second-order valence-electron chi connectivity index (χ2n) is 8.49. The van der Waals surface area contributed by atoms with Gasteiger partial charge in [-0.3, -0.25) is 9.59 Å². The number of amides is 2. The third kappa shape index (κ3) is 5.33. The minimum atomic E-state index is -0.417. The molecule has 2 amide bonds. The number of hydrogen-bond donors (Lipinski definition) is 1. The number of benzene rings is 3. The molecule has 8 nitrogen and oxygen atoms in total. The topological polar surface area (TPSA) is 85.7 Å². The second kappa shape index (κ2) is 10.9. The average molecular weight is 487 g/mol. The van der Waals surface area contributed by atoms with E-state index >= 15 is 0 Å². The Labute approximate surface area is 210 Å². The first-order valence-electron chi connectivity index (χ1n) is 11.7. The Morgan fingerprint density at radius 3 is 2.39 bits per heavy atom. The Balaban J connectivity index is 1.54. The van der Waals surface area contributed by atoms with Crippen LogP contribution in [0, 0.1) is 0 Å². The SMILES string of the molecule is COc1ccc(CC(=O)NC(C)c2nc3ccccc3n2CC(=O)N(C)c2ccccc2)cc1OC. The molecule has 0 aliphatic carbocycles. The van der Waals surface area contributed by atoms with Crippen molar-refractivity contribution < 1.29 is 19.1 Å². The van der Waals surface area contributed by atoms with Crippen LogP contribution in [-0.4, -0.2) is 42.6 Å². The molecule has 0 saturated carbocycles. The zero-order valence-corrected chi connectivity index (χ0v) is 20.9. The number of nitrogens with one attached hydrogen (secondary N) is 1. The fourth-order valence-electron chi connectivity index (χ4n) is 4.16. The highest BCUT2D eigenvalue weighted by Crippen LogP contribution is 2.28. The van der Waals surface area contributed by atoms with Crippen LogP contribution in [0.3, 0.4) is 0 Å². The lowest BCUT2D eigenvalue weighted by Crippen LogP contribution is -2.33. The van der Waals surface area contributed by atoms with E-state index in [4.69, 9.17) is 14.5 Å². The molecule has 0 radical (unpaired) electrons. The second-order valence-corrected chi connectivity index (χ2v) is 8.49. The smallest absolute Gasteiger partial charge is 0.246 e. The van der Waals surface area contributed by atoms with Crippen molar-refractivity contribution in [2.45, 2.75) is 25.9 Å². The van der Waals surface area contributed by atoms with Crippen molar-refractivity contribution in [2.24, 2.45) is 0 Å². The molecule has 0 aliphatic heterocycles. The molecule has 1 unspecified atom stereocenters. The van der Waals surface area contributed by atoms with Gasteiger partial charge in [-0.05, 0) is 48.9 Å². The summed E-state index contributed by atoms with van der Waals surface area (Å²) in [5.74, 6) is 1.54. The van der Waals surface area contributed by atoms with Crippen molar-refractivity contribution >= 4 is 28.5 Å². The summed E-state index contributed by atoms with van der Waals surface area (Å²) in [5.41, 5.74) is 3.21. The Kier molecular flexibility index (Phi) is 7.53. The number of likely N-dealkylation sites (N-methyl/N-ethyl adjacent to an activating group) is 1. The normalized spacial score (nSPS) is 11.7. The number of nitrogens with zero attached hydrogens (tertiary/aromatic N) is 3. The number of para-hydroxylation sites is 3. The average Bonchev–Trinajstić information content (AvgIpc) is 3.27. The fraction of sp³-hybridized carbons (Fsp3) is 0.250. The van der Waals surface area contributed by atoms with Crippen LogP contribution in [0.5, 0.6) is 11.5 Å². The number of carbonyl (C=O) groups excluding carboxylic acids is 2. The highest BCUT2D eigenvalue weighted by molar-refractivity contribution is 5.93. The molecule has 4 aromatic rings. The summed E-state index contributed by atoms with van der Waals surface area (Å²) in [6, 6.07) is 22.1. The standard InChI is InChI=1S/C28H30N4O4/c1-19(29-26(33)17-20-14-15-24(35-3)25(16-20)36-4)28-30-22-12-8-9-13-23(22)32(28)18-27(34)31(2)21-10-6-5-7-11-21/h5-16,19H,17-18H2,1-4H3,(H,29,33). The monoisotopic (exact) mass is 486 g/mol. The summed E-state index contributed by atoms with van der Waals surface area (Å²) >= 11 is 0. The molecule has 0 aliphatic rings. The van der Waals surface area contributed by atoms with Gasteiger partial charge in [0.1, 0.15) is 12.4 Å². The number of aromatic nitrogens is 2. The number of carbonyl (C=O) groups is 2. The molecule has 4 rings (SSSR count). The van der Waals surface area contributed by atoms with Crippen molar-refractivity contribution in [3.63, 3.8) is 0 Å². The lowest BCUT2D eigenvalue weighted by Gasteiger charge is -2.20. The van der Waals surface area contributed by atoms with Crippen LogP contribution in [0.15, 0.2) is 72.8 Å². The Bertz CT molecular complexity index is 1370. The van der Waals surface area contributed by atoms with Crippen LogP contribution in [-0.2, 0) is 22.6 Å². The van der Waals surface area contributed by atoms with Crippen LogP contribution < -0.4 is 19.7 Å². The number of hydrogen-bond acceptors (Lipinski definition) is 5. The van der Waals surface area contributed by atoms with Crippen molar-refractivity contribution in [1.82, 2.24) is 14.9 Å². The van der Waals surface area contributed by atoms with E-state index in [9.17, 15) is 9.59 Å². The molecule has 8 heteroatoms. The predicted molar refractivity (Wildman–Crippen MR) is 139 cm³/mol. The molecule has 0 saturated heterocycles. The summed E-state index contributed by atoms with van der Waals surface area (Å²) in [6.45, 7) is 1.97. The predicted octanol–water partition coefficient (Wildman–Crippen LogP) is 4.14. The zero-order chi connectivity index (χ0) is 25.7. The number of fused-ring (bicyclic) bond motifs is 1. The molecular formula is C28H30N4O4. The molecule has 3 aromatic carbocycles. The van der Waals surface area contributed by atoms with Crippen molar-refractivity contribution in [3.8, 4) is 11.5 Å². The van der Waals surface area contributed by atoms with E-state index in [1.807, 2.05) is 72.2 Å². The van der Waals surface area contributed by atoms with Crippen LogP contribution in [0.2, 0.25) is 0 Å². The van der Waals surface area contributed by atoms with Gasteiger partial charge in [0.2, 0.25) is 11.8 Å². The van der Waals surface area contributed by atoms with Gasteiger partial charge in [-0.15, -0.1) is 0 Å². The molecular weight excluding hydrogens is 456 g/mol. The lowest BCUT2D eigenvalue weighted by atomic mass is 10.1.